The molecule has 0 heterocycles. The van der Waals surface area contributed by atoms with Gasteiger partial charge in [0.25, 0.3) is 17.5 Å². The molecule has 136 valence electrons. The Morgan fingerprint density at radius 1 is 1.19 bits per heavy atom. The van der Waals surface area contributed by atoms with Crippen molar-refractivity contribution < 1.29 is 23.6 Å². The van der Waals surface area contributed by atoms with Crippen LogP contribution in [0.4, 0.5) is 10.1 Å². The lowest BCUT2D eigenvalue weighted by Crippen LogP contribution is -2.47. The summed E-state index contributed by atoms with van der Waals surface area (Å²) in [5.74, 6) is -1.39. The van der Waals surface area contributed by atoms with E-state index in [0.717, 1.165) is 0 Å². The van der Waals surface area contributed by atoms with E-state index in [0.29, 0.717) is 9.32 Å². The molecule has 10 heteroatoms. The van der Waals surface area contributed by atoms with E-state index < -0.39 is 28.7 Å². The molecule has 2 rings (SSSR count). The average Bonchev–Trinajstić information content (AvgIpc) is 2.61. The zero-order valence-corrected chi connectivity index (χ0v) is 15.5. The number of carbonyl (C=O) groups excluding carboxylic acids is 2. The minimum atomic E-state index is -0.948. The standard InChI is InChI=1S/C16H13FIN3O5/c1-9(26-12-5-2-10(17)3-6-12)15(22)19-20-16(23)13-7-4-11(21(24)25)8-14(13)18/h2-9H,1H3,(H,19,22)(H,20,23). The molecular formula is C16H13FIN3O5. The van der Waals surface area contributed by atoms with Crippen LogP contribution in [0.3, 0.4) is 0 Å². The minimum absolute atomic E-state index is 0.142. The summed E-state index contributed by atoms with van der Waals surface area (Å²) in [4.78, 5) is 34.2. The van der Waals surface area contributed by atoms with Gasteiger partial charge in [0.1, 0.15) is 11.6 Å². The smallest absolute Gasteiger partial charge is 0.279 e. The Bertz CT molecular complexity index is 844. The number of halogens is 2. The van der Waals surface area contributed by atoms with Crippen LogP contribution in [-0.4, -0.2) is 22.8 Å². The van der Waals surface area contributed by atoms with E-state index in [9.17, 15) is 24.1 Å². The van der Waals surface area contributed by atoms with Gasteiger partial charge in [-0.3, -0.25) is 30.6 Å². The highest BCUT2D eigenvalue weighted by Crippen LogP contribution is 2.19. The fraction of sp³-hybridized carbons (Fsp3) is 0.125. The predicted molar refractivity (Wildman–Crippen MR) is 97.9 cm³/mol. The summed E-state index contributed by atoms with van der Waals surface area (Å²) >= 11 is 1.79. The van der Waals surface area contributed by atoms with Crippen molar-refractivity contribution in [3.8, 4) is 5.75 Å². The summed E-state index contributed by atoms with van der Waals surface area (Å²) < 4.78 is 18.5. The van der Waals surface area contributed by atoms with Gasteiger partial charge in [-0.25, -0.2) is 4.39 Å². The quantitative estimate of drug-likeness (QED) is 0.394. The number of nitro benzene ring substituents is 1. The van der Waals surface area contributed by atoms with Crippen LogP contribution in [0.15, 0.2) is 42.5 Å². The van der Waals surface area contributed by atoms with E-state index in [2.05, 4.69) is 10.9 Å². The second kappa shape index (κ2) is 8.56. The Morgan fingerprint density at radius 2 is 1.85 bits per heavy atom. The molecule has 0 spiro atoms. The SMILES string of the molecule is CC(Oc1ccc(F)cc1)C(=O)NNC(=O)c1ccc([N+](=O)[O-])cc1I. The first-order valence-corrected chi connectivity index (χ1v) is 8.32. The van der Waals surface area contributed by atoms with Gasteiger partial charge in [-0.05, 0) is 59.8 Å². The van der Waals surface area contributed by atoms with Gasteiger partial charge >= 0.3 is 0 Å². The number of non-ortho nitro benzene ring substituents is 1. The molecule has 2 aromatic rings. The van der Waals surface area contributed by atoms with Crippen LogP contribution in [0.2, 0.25) is 0 Å². The van der Waals surface area contributed by atoms with E-state index >= 15 is 0 Å². The summed E-state index contributed by atoms with van der Waals surface area (Å²) in [7, 11) is 0. The number of hydrogen-bond donors (Lipinski definition) is 2. The molecule has 0 aliphatic carbocycles. The van der Waals surface area contributed by atoms with E-state index in [1.807, 2.05) is 0 Å². The number of benzene rings is 2. The Balaban J connectivity index is 1.92. The zero-order valence-electron chi connectivity index (χ0n) is 13.4. The molecule has 2 N–H and O–H groups in total. The largest absolute Gasteiger partial charge is 0.481 e. The number of carbonyl (C=O) groups is 2. The molecule has 2 aromatic carbocycles. The summed E-state index contributed by atoms with van der Waals surface area (Å²) in [5, 5.41) is 10.7. The number of amides is 2. The van der Waals surface area contributed by atoms with Crippen LogP contribution in [0.25, 0.3) is 0 Å². The summed E-state index contributed by atoms with van der Waals surface area (Å²) in [6, 6.07) is 8.86. The highest BCUT2D eigenvalue weighted by Gasteiger charge is 2.18. The maximum Gasteiger partial charge on any atom is 0.279 e. The van der Waals surface area contributed by atoms with Crippen molar-refractivity contribution in [1.82, 2.24) is 10.9 Å². The molecule has 1 unspecified atom stereocenters. The highest BCUT2D eigenvalue weighted by molar-refractivity contribution is 14.1. The van der Waals surface area contributed by atoms with Gasteiger partial charge in [-0.1, -0.05) is 0 Å². The van der Waals surface area contributed by atoms with Crippen LogP contribution in [0, 0.1) is 19.5 Å². The molecule has 0 aliphatic rings. The molecule has 0 bridgehead atoms. The van der Waals surface area contributed by atoms with Crippen LogP contribution in [-0.2, 0) is 4.79 Å². The van der Waals surface area contributed by atoms with E-state index in [1.165, 1.54) is 49.4 Å². The number of nitro groups is 1. The normalized spacial score (nSPS) is 11.3. The number of nitrogens with zero attached hydrogens (tertiary/aromatic N) is 1. The van der Waals surface area contributed by atoms with Crippen LogP contribution in [0.1, 0.15) is 17.3 Å². The lowest BCUT2D eigenvalue weighted by atomic mass is 10.2. The van der Waals surface area contributed by atoms with E-state index in [-0.39, 0.29) is 11.3 Å². The zero-order chi connectivity index (χ0) is 19.3. The van der Waals surface area contributed by atoms with Crippen molar-refractivity contribution in [3.05, 3.63) is 67.5 Å². The first kappa shape index (κ1) is 19.6. The number of hydrogen-bond acceptors (Lipinski definition) is 5. The van der Waals surface area contributed by atoms with Gasteiger partial charge in [0.05, 0.1) is 10.5 Å². The molecule has 0 saturated heterocycles. The third-order valence-corrected chi connectivity index (χ3v) is 4.10. The van der Waals surface area contributed by atoms with Crippen molar-refractivity contribution in [2.24, 2.45) is 0 Å². The van der Waals surface area contributed by atoms with Crippen LogP contribution >= 0.6 is 22.6 Å². The van der Waals surface area contributed by atoms with Crippen molar-refractivity contribution in [2.75, 3.05) is 0 Å². The van der Waals surface area contributed by atoms with Gasteiger partial charge in [0, 0.05) is 15.7 Å². The molecule has 1 atom stereocenters. The molecule has 0 aliphatic heterocycles. The number of hydrazine groups is 1. The number of ether oxygens (including phenoxy) is 1. The van der Waals surface area contributed by atoms with Gasteiger partial charge in [0.2, 0.25) is 0 Å². The van der Waals surface area contributed by atoms with Crippen molar-refractivity contribution in [3.63, 3.8) is 0 Å². The molecule has 2 amide bonds. The monoisotopic (exact) mass is 473 g/mol. The molecular weight excluding hydrogens is 460 g/mol. The second-order valence-electron chi connectivity index (χ2n) is 5.08. The Labute approximate surface area is 161 Å². The first-order chi connectivity index (χ1) is 12.3. The molecule has 0 aromatic heterocycles. The van der Waals surface area contributed by atoms with Crippen molar-refractivity contribution >= 4 is 40.1 Å². The summed E-state index contributed by atoms with van der Waals surface area (Å²) in [5.41, 5.74) is 4.44. The van der Waals surface area contributed by atoms with Crippen LogP contribution < -0.4 is 15.6 Å². The van der Waals surface area contributed by atoms with Crippen molar-refractivity contribution in [1.29, 1.82) is 0 Å². The maximum absolute atomic E-state index is 12.8. The fourth-order valence-corrected chi connectivity index (χ4v) is 2.60. The Kier molecular flexibility index (Phi) is 6.44. The van der Waals surface area contributed by atoms with Gasteiger partial charge in [0.15, 0.2) is 6.10 Å². The van der Waals surface area contributed by atoms with Gasteiger partial charge in [-0.2, -0.15) is 0 Å². The molecule has 0 saturated carbocycles. The lowest BCUT2D eigenvalue weighted by molar-refractivity contribution is -0.384. The topological polar surface area (TPSA) is 111 Å². The molecule has 26 heavy (non-hydrogen) atoms. The first-order valence-electron chi connectivity index (χ1n) is 7.24. The summed E-state index contributed by atoms with van der Waals surface area (Å²) in [6.07, 6.45) is -0.948. The van der Waals surface area contributed by atoms with Gasteiger partial charge in [-0.15, -0.1) is 0 Å². The Hall–Kier alpha value is -2.76. The molecule has 0 radical (unpaired) electrons. The van der Waals surface area contributed by atoms with Gasteiger partial charge < -0.3 is 4.74 Å². The molecule has 8 nitrogen and oxygen atoms in total. The summed E-state index contributed by atoms with van der Waals surface area (Å²) in [6.45, 7) is 1.46. The highest BCUT2D eigenvalue weighted by atomic mass is 127. The van der Waals surface area contributed by atoms with Crippen molar-refractivity contribution in [2.45, 2.75) is 13.0 Å². The maximum atomic E-state index is 12.8. The third kappa shape index (κ3) is 5.12. The van der Waals surface area contributed by atoms with Crippen LogP contribution in [0.5, 0.6) is 5.75 Å². The Morgan fingerprint density at radius 3 is 2.42 bits per heavy atom. The fourth-order valence-electron chi connectivity index (χ4n) is 1.86. The molecule has 0 fully saturated rings. The third-order valence-electron chi connectivity index (χ3n) is 3.20. The second-order valence-corrected chi connectivity index (χ2v) is 6.24. The minimum Gasteiger partial charge on any atom is -0.481 e. The average molecular weight is 473 g/mol. The number of rotatable bonds is 5. The van der Waals surface area contributed by atoms with E-state index in [4.69, 9.17) is 4.74 Å². The number of nitrogens with one attached hydrogen (secondary N) is 2. The lowest BCUT2D eigenvalue weighted by Gasteiger charge is -2.15. The van der Waals surface area contributed by atoms with E-state index in [1.54, 1.807) is 22.6 Å². The predicted octanol–water partition coefficient (Wildman–Crippen LogP) is 2.57.